The van der Waals surface area contributed by atoms with Crippen molar-refractivity contribution in [2.45, 2.75) is 39.2 Å². The first-order valence-corrected chi connectivity index (χ1v) is 8.62. The van der Waals surface area contributed by atoms with Gasteiger partial charge >= 0.3 is 0 Å². The normalized spacial score (nSPS) is 12.9. The number of hydrogen-bond acceptors (Lipinski definition) is 2. The van der Waals surface area contributed by atoms with Crippen molar-refractivity contribution in [1.82, 2.24) is 10.2 Å². The smallest absolute Gasteiger partial charge is 0.0465 e. The number of nitrogens with zero attached hydrogens (tertiary/aromatic N) is 1. The highest BCUT2D eigenvalue weighted by atomic mass is 79.9. The van der Waals surface area contributed by atoms with Gasteiger partial charge in [0.15, 0.2) is 0 Å². The van der Waals surface area contributed by atoms with Crippen molar-refractivity contribution in [1.29, 1.82) is 0 Å². The molecule has 0 aliphatic carbocycles. The Hall–Kier alpha value is -0.0900. The molecule has 0 saturated heterocycles. The van der Waals surface area contributed by atoms with Crippen LogP contribution in [0.3, 0.4) is 0 Å². The van der Waals surface area contributed by atoms with Gasteiger partial charge in [-0.3, -0.25) is 0 Å². The van der Waals surface area contributed by atoms with Crippen molar-refractivity contribution in [3.63, 3.8) is 0 Å². The van der Waals surface area contributed by atoms with Gasteiger partial charge in [0.2, 0.25) is 0 Å². The molecule has 0 amide bonds. The maximum atomic E-state index is 6.38. The second-order valence-corrected chi connectivity index (χ2v) is 6.54. The standard InChI is InChI=1S/C16H26BrClN2/c1-4-6-10-20(3)11-9-16(19-5-2)14-8-7-13(17)12-15(14)18/h7-8,12,16,19H,4-6,9-11H2,1-3H3. The molecular formula is C16H26BrClN2. The van der Waals surface area contributed by atoms with Crippen LogP contribution in [0.1, 0.15) is 44.7 Å². The minimum atomic E-state index is 0.324. The topological polar surface area (TPSA) is 15.3 Å². The van der Waals surface area contributed by atoms with Crippen LogP contribution in [0.25, 0.3) is 0 Å². The first-order valence-electron chi connectivity index (χ1n) is 7.45. The van der Waals surface area contributed by atoms with Gasteiger partial charge in [-0.1, -0.05) is 53.9 Å². The fraction of sp³-hybridized carbons (Fsp3) is 0.625. The van der Waals surface area contributed by atoms with Crippen LogP contribution < -0.4 is 5.32 Å². The van der Waals surface area contributed by atoms with Gasteiger partial charge in [-0.25, -0.2) is 0 Å². The van der Waals surface area contributed by atoms with Crippen LogP contribution in [0.5, 0.6) is 0 Å². The average molecular weight is 362 g/mol. The van der Waals surface area contributed by atoms with E-state index in [4.69, 9.17) is 11.6 Å². The Balaban J connectivity index is 2.64. The molecular weight excluding hydrogens is 336 g/mol. The molecule has 114 valence electrons. The van der Waals surface area contributed by atoms with Gasteiger partial charge in [0.05, 0.1) is 0 Å². The molecule has 1 aromatic carbocycles. The lowest BCUT2D eigenvalue weighted by Crippen LogP contribution is -2.28. The molecule has 1 rings (SSSR count). The highest BCUT2D eigenvalue weighted by molar-refractivity contribution is 9.10. The molecule has 0 spiro atoms. The van der Waals surface area contributed by atoms with Gasteiger partial charge in [-0.15, -0.1) is 0 Å². The van der Waals surface area contributed by atoms with E-state index in [-0.39, 0.29) is 0 Å². The maximum Gasteiger partial charge on any atom is 0.0465 e. The van der Waals surface area contributed by atoms with Crippen molar-refractivity contribution >= 4 is 27.5 Å². The first-order chi connectivity index (χ1) is 9.58. The lowest BCUT2D eigenvalue weighted by atomic mass is 10.0. The quantitative estimate of drug-likeness (QED) is 0.674. The molecule has 20 heavy (non-hydrogen) atoms. The summed E-state index contributed by atoms with van der Waals surface area (Å²) in [5, 5.41) is 4.38. The van der Waals surface area contributed by atoms with Crippen molar-refractivity contribution in [3.8, 4) is 0 Å². The van der Waals surface area contributed by atoms with Crippen LogP contribution in [0.15, 0.2) is 22.7 Å². The Morgan fingerprint density at radius 2 is 2.05 bits per heavy atom. The number of unbranched alkanes of at least 4 members (excludes halogenated alkanes) is 1. The predicted octanol–water partition coefficient (Wildman–Crippen LogP) is 4.88. The molecule has 0 aliphatic rings. The average Bonchev–Trinajstić information content (AvgIpc) is 2.41. The van der Waals surface area contributed by atoms with E-state index in [1.807, 2.05) is 6.07 Å². The first kappa shape index (κ1) is 18.0. The molecule has 0 bridgehead atoms. The number of halogens is 2. The zero-order valence-electron chi connectivity index (χ0n) is 12.8. The molecule has 0 aliphatic heterocycles. The lowest BCUT2D eigenvalue weighted by molar-refractivity contribution is 0.303. The zero-order chi connectivity index (χ0) is 15.0. The highest BCUT2D eigenvalue weighted by Crippen LogP contribution is 2.28. The van der Waals surface area contributed by atoms with Crippen molar-refractivity contribution in [2.75, 3.05) is 26.7 Å². The molecule has 0 fully saturated rings. The third kappa shape index (κ3) is 6.13. The second-order valence-electron chi connectivity index (χ2n) is 5.22. The summed E-state index contributed by atoms with van der Waals surface area (Å²) in [5.74, 6) is 0. The third-order valence-electron chi connectivity index (χ3n) is 3.48. The highest BCUT2D eigenvalue weighted by Gasteiger charge is 2.14. The van der Waals surface area contributed by atoms with Gasteiger partial charge in [-0.05, 0) is 57.2 Å². The van der Waals surface area contributed by atoms with E-state index in [0.29, 0.717) is 6.04 Å². The van der Waals surface area contributed by atoms with Crippen LogP contribution in [-0.4, -0.2) is 31.6 Å². The summed E-state index contributed by atoms with van der Waals surface area (Å²) in [4.78, 5) is 2.40. The van der Waals surface area contributed by atoms with Crippen molar-refractivity contribution < 1.29 is 0 Å². The molecule has 4 heteroatoms. The molecule has 0 aromatic heterocycles. The third-order valence-corrected chi connectivity index (χ3v) is 4.30. The summed E-state index contributed by atoms with van der Waals surface area (Å²) in [7, 11) is 2.20. The van der Waals surface area contributed by atoms with E-state index in [2.05, 4.69) is 59.2 Å². The minimum Gasteiger partial charge on any atom is -0.310 e. The van der Waals surface area contributed by atoms with Crippen LogP contribution in [0.2, 0.25) is 5.02 Å². The summed E-state index contributed by atoms with van der Waals surface area (Å²) in [6.45, 7) is 7.58. The monoisotopic (exact) mass is 360 g/mol. The number of nitrogens with one attached hydrogen (secondary N) is 1. The predicted molar refractivity (Wildman–Crippen MR) is 92.6 cm³/mol. The fourth-order valence-electron chi connectivity index (χ4n) is 2.29. The fourth-order valence-corrected chi connectivity index (χ4v) is 3.09. The van der Waals surface area contributed by atoms with Gasteiger partial charge in [0, 0.05) is 15.5 Å². The van der Waals surface area contributed by atoms with E-state index >= 15 is 0 Å². The molecule has 0 heterocycles. The second kappa shape index (κ2) is 9.78. The Morgan fingerprint density at radius 1 is 1.30 bits per heavy atom. The number of rotatable bonds is 9. The Bertz CT molecular complexity index is 398. The van der Waals surface area contributed by atoms with E-state index in [1.54, 1.807) is 0 Å². The van der Waals surface area contributed by atoms with Crippen LogP contribution in [0.4, 0.5) is 0 Å². The summed E-state index contributed by atoms with van der Waals surface area (Å²) >= 11 is 9.84. The molecule has 2 nitrogen and oxygen atoms in total. The zero-order valence-corrected chi connectivity index (χ0v) is 15.1. The summed E-state index contributed by atoms with van der Waals surface area (Å²) in [6.07, 6.45) is 3.59. The Labute approximate surface area is 137 Å². The molecule has 1 aromatic rings. The van der Waals surface area contributed by atoms with E-state index < -0.39 is 0 Å². The molecule has 1 atom stereocenters. The molecule has 0 saturated carbocycles. The largest absolute Gasteiger partial charge is 0.310 e. The van der Waals surface area contributed by atoms with Crippen molar-refractivity contribution in [2.24, 2.45) is 0 Å². The van der Waals surface area contributed by atoms with Gasteiger partial charge < -0.3 is 10.2 Å². The Morgan fingerprint density at radius 3 is 2.65 bits per heavy atom. The van der Waals surface area contributed by atoms with Crippen molar-refractivity contribution in [3.05, 3.63) is 33.3 Å². The lowest BCUT2D eigenvalue weighted by Gasteiger charge is -2.23. The SMILES string of the molecule is CCCCN(C)CCC(NCC)c1ccc(Br)cc1Cl. The van der Waals surface area contributed by atoms with Crippen LogP contribution in [-0.2, 0) is 0 Å². The minimum absolute atomic E-state index is 0.324. The summed E-state index contributed by atoms with van der Waals surface area (Å²) in [6, 6.07) is 6.48. The maximum absolute atomic E-state index is 6.38. The van der Waals surface area contributed by atoms with E-state index in [0.717, 1.165) is 29.0 Å². The summed E-state index contributed by atoms with van der Waals surface area (Å²) in [5.41, 5.74) is 1.20. The Kier molecular flexibility index (Phi) is 8.78. The van der Waals surface area contributed by atoms with Gasteiger partial charge in [0.1, 0.15) is 0 Å². The van der Waals surface area contributed by atoms with Gasteiger partial charge in [-0.2, -0.15) is 0 Å². The van der Waals surface area contributed by atoms with E-state index in [9.17, 15) is 0 Å². The van der Waals surface area contributed by atoms with Crippen LogP contribution >= 0.6 is 27.5 Å². The van der Waals surface area contributed by atoms with E-state index in [1.165, 1.54) is 24.9 Å². The number of benzene rings is 1. The number of hydrogen-bond donors (Lipinski definition) is 1. The molecule has 1 N–H and O–H groups in total. The molecule has 1 unspecified atom stereocenters. The van der Waals surface area contributed by atoms with Gasteiger partial charge in [0.25, 0.3) is 0 Å². The summed E-state index contributed by atoms with van der Waals surface area (Å²) < 4.78 is 1.03. The molecule has 0 radical (unpaired) electrons. The van der Waals surface area contributed by atoms with Crippen LogP contribution in [0, 0.1) is 0 Å².